The lowest BCUT2D eigenvalue weighted by molar-refractivity contribution is -0.194. The molecule has 1 rings (SSSR count). The molecule has 2 N–H and O–H groups in total. The van der Waals surface area contributed by atoms with E-state index in [1.54, 1.807) is 20.8 Å². The van der Waals surface area contributed by atoms with E-state index in [0.29, 0.717) is 25.9 Å². The Bertz CT molecular complexity index is 345. The number of nitrogens with one attached hydrogen (secondary N) is 1. The SMILES string of the molecule is CCN1CC(CC(C)(C)NC(=O)O)CCC1C(F)(F)F. The van der Waals surface area contributed by atoms with Crippen molar-refractivity contribution in [3.63, 3.8) is 0 Å². The number of hydrogen-bond acceptors (Lipinski definition) is 2. The van der Waals surface area contributed by atoms with Crippen LogP contribution in [0.5, 0.6) is 0 Å². The summed E-state index contributed by atoms with van der Waals surface area (Å²) in [6, 6.07) is -1.36. The Labute approximate surface area is 117 Å². The Morgan fingerprint density at radius 1 is 1.35 bits per heavy atom. The van der Waals surface area contributed by atoms with Crippen LogP contribution in [0.2, 0.25) is 0 Å². The third kappa shape index (κ3) is 4.85. The third-order valence-electron chi connectivity index (χ3n) is 3.81. The summed E-state index contributed by atoms with van der Waals surface area (Å²) in [4.78, 5) is 12.1. The summed E-state index contributed by atoms with van der Waals surface area (Å²) in [5.41, 5.74) is -0.624. The number of likely N-dealkylation sites (tertiary alicyclic amines) is 1. The van der Waals surface area contributed by atoms with Gasteiger partial charge in [-0.2, -0.15) is 13.2 Å². The molecule has 0 spiro atoms. The van der Waals surface area contributed by atoms with Crippen molar-refractivity contribution in [2.24, 2.45) is 5.92 Å². The molecule has 0 aromatic carbocycles. The first-order valence-corrected chi connectivity index (χ1v) is 6.87. The Morgan fingerprint density at radius 2 is 1.95 bits per heavy atom. The van der Waals surface area contributed by atoms with E-state index in [1.807, 2.05) is 0 Å². The van der Waals surface area contributed by atoms with Gasteiger partial charge in [0.05, 0.1) is 0 Å². The number of nitrogens with zero attached hydrogens (tertiary/aromatic N) is 1. The fourth-order valence-electron chi connectivity index (χ4n) is 3.08. The Balaban J connectivity index is 2.63. The van der Waals surface area contributed by atoms with Gasteiger partial charge in [-0.15, -0.1) is 0 Å². The molecule has 0 aliphatic carbocycles. The van der Waals surface area contributed by atoms with Gasteiger partial charge >= 0.3 is 12.3 Å². The molecule has 2 atom stereocenters. The highest BCUT2D eigenvalue weighted by molar-refractivity contribution is 5.65. The van der Waals surface area contributed by atoms with Crippen molar-refractivity contribution < 1.29 is 23.1 Å². The third-order valence-corrected chi connectivity index (χ3v) is 3.81. The maximum atomic E-state index is 12.9. The highest BCUT2D eigenvalue weighted by atomic mass is 19.4. The zero-order valence-corrected chi connectivity index (χ0v) is 12.1. The molecule has 7 heteroatoms. The molecule has 1 aliphatic heterocycles. The van der Waals surface area contributed by atoms with Crippen molar-refractivity contribution in [3.8, 4) is 0 Å². The van der Waals surface area contributed by atoms with Crippen LogP contribution in [0.15, 0.2) is 0 Å². The van der Waals surface area contributed by atoms with Crippen LogP contribution in [-0.2, 0) is 0 Å². The highest BCUT2D eigenvalue weighted by Gasteiger charge is 2.46. The first kappa shape index (κ1) is 17.1. The van der Waals surface area contributed by atoms with Crippen molar-refractivity contribution in [2.75, 3.05) is 13.1 Å². The van der Waals surface area contributed by atoms with Crippen molar-refractivity contribution in [1.29, 1.82) is 0 Å². The van der Waals surface area contributed by atoms with Crippen LogP contribution in [0, 0.1) is 5.92 Å². The van der Waals surface area contributed by atoms with Crippen LogP contribution in [-0.4, -0.2) is 46.9 Å². The van der Waals surface area contributed by atoms with Gasteiger partial charge in [0, 0.05) is 12.1 Å². The van der Waals surface area contributed by atoms with Gasteiger partial charge in [-0.25, -0.2) is 4.79 Å². The van der Waals surface area contributed by atoms with E-state index in [1.165, 1.54) is 4.90 Å². The summed E-state index contributed by atoms with van der Waals surface area (Å²) in [5, 5.41) is 11.2. The van der Waals surface area contributed by atoms with Crippen LogP contribution < -0.4 is 5.32 Å². The number of amides is 1. The first-order valence-electron chi connectivity index (χ1n) is 6.87. The molecule has 4 nitrogen and oxygen atoms in total. The Morgan fingerprint density at radius 3 is 2.40 bits per heavy atom. The van der Waals surface area contributed by atoms with Crippen LogP contribution in [0.4, 0.5) is 18.0 Å². The van der Waals surface area contributed by atoms with Crippen LogP contribution in [0.3, 0.4) is 0 Å². The number of carboxylic acid groups (broad SMARTS) is 1. The summed E-state index contributed by atoms with van der Waals surface area (Å²) >= 11 is 0. The fourth-order valence-corrected chi connectivity index (χ4v) is 3.08. The fraction of sp³-hybridized carbons (Fsp3) is 0.923. The molecular weight excluding hydrogens is 273 g/mol. The van der Waals surface area contributed by atoms with Gasteiger partial charge in [0.15, 0.2) is 0 Å². The average molecular weight is 296 g/mol. The molecular formula is C13H23F3N2O2. The average Bonchev–Trinajstić information content (AvgIpc) is 2.24. The van der Waals surface area contributed by atoms with Crippen molar-refractivity contribution >= 4 is 6.09 Å². The summed E-state index contributed by atoms with van der Waals surface area (Å²) in [6.45, 7) is 5.96. The van der Waals surface area contributed by atoms with Crippen LogP contribution >= 0.6 is 0 Å². The summed E-state index contributed by atoms with van der Waals surface area (Å²) in [6.07, 6.45) is -4.18. The molecule has 1 saturated heterocycles. The molecule has 1 aliphatic rings. The topological polar surface area (TPSA) is 52.6 Å². The number of halogens is 3. The van der Waals surface area contributed by atoms with Crippen molar-refractivity contribution in [2.45, 2.75) is 57.8 Å². The molecule has 0 aromatic heterocycles. The first-order chi connectivity index (χ1) is 9.05. The van der Waals surface area contributed by atoms with E-state index >= 15 is 0 Å². The molecule has 1 heterocycles. The van der Waals surface area contributed by atoms with Gasteiger partial charge in [0.1, 0.15) is 6.04 Å². The number of rotatable bonds is 4. The number of carbonyl (C=O) groups is 1. The minimum Gasteiger partial charge on any atom is -0.465 e. The van der Waals surface area contributed by atoms with E-state index in [-0.39, 0.29) is 12.3 Å². The number of alkyl halides is 3. The normalized spacial score (nSPS) is 25.5. The second kappa shape index (κ2) is 6.20. The van der Waals surface area contributed by atoms with E-state index in [0.717, 1.165) is 0 Å². The van der Waals surface area contributed by atoms with Gasteiger partial charge in [-0.05, 0) is 45.6 Å². The van der Waals surface area contributed by atoms with Gasteiger partial charge < -0.3 is 10.4 Å². The largest absolute Gasteiger partial charge is 0.465 e. The van der Waals surface area contributed by atoms with E-state index in [9.17, 15) is 18.0 Å². The Hall–Kier alpha value is -0.980. The Kier molecular flexibility index (Phi) is 5.29. The predicted molar refractivity (Wildman–Crippen MR) is 69.7 cm³/mol. The minimum absolute atomic E-state index is 0.0791. The molecule has 0 saturated carbocycles. The highest BCUT2D eigenvalue weighted by Crippen LogP contribution is 2.35. The molecule has 2 unspecified atom stereocenters. The molecule has 1 amide bonds. The van der Waals surface area contributed by atoms with Crippen molar-refractivity contribution in [3.05, 3.63) is 0 Å². The lowest BCUT2D eigenvalue weighted by Gasteiger charge is -2.42. The molecule has 0 bridgehead atoms. The molecule has 118 valence electrons. The second-order valence-corrected chi connectivity index (χ2v) is 6.11. The van der Waals surface area contributed by atoms with E-state index < -0.39 is 23.9 Å². The standard InChI is InChI=1S/C13H23F3N2O2/c1-4-18-8-9(5-6-10(18)13(14,15)16)7-12(2,3)17-11(19)20/h9-10,17H,4-8H2,1-3H3,(H,19,20). The molecule has 20 heavy (non-hydrogen) atoms. The number of piperidine rings is 1. The maximum Gasteiger partial charge on any atom is 0.405 e. The second-order valence-electron chi connectivity index (χ2n) is 6.11. The van der Waals surface area contributed by atoms with Crippen LogP contribution in [0.1, 0.15) is 40.0 Å². The van der Waals surface area contributed by atoms with E-state index in [4.69, 9.17) is 5.11 Å². The zero-order valence-electron chi connectivity index (χ0n) is 12.1. The lowest BCUT2D eigenvalue weighted by Crippen LogP contribution is -2.53. The van der Waals surface area contributed by atoms with Crippen LogP contribution in [0.25, 0.3) is 0 Å². The molecule has 0 radical (unpaired) electrons. The molecule has 1 fully saturated rings. The summed E-state index contributed by atoms with van der Waals surface area (Å²) in [7, 11) is 0. The number of hydrogen-bond donors (Lipinski definition) is 2. The zero-order chi connectivity index (χ0) is 15.6. The smallest absolute Gasteiger partial charge is 0.405 e. The quantitative estimate of drug-likeness (QED) is 0.838. The summed E-state index contributed by atoms with van der Waals surface area (Å²) in [5.74, 6) is 0.0791. The van der Waals surface area contributed by atoms with Gasteiger partial charge in [0.2, 0.25) is 0 Å². The summed E-state index contributed by atoms with van der Waals surface area (Å²) < 4.78 is 38.7. The minimum atomic E-state index is -4.18. The predicted octanol–water partition coefficient (Wildman–Crippen LogP) is 3.09. The van der Waals surface area contributed by atoms with Gasteiger partial charge in [-0.1, -0.05) is 6.92 Å². The van der Waals surface area contributed by atoms with Gasteiger partial charge in [0.25, 0.3) is 0 Å². The lowest BCUT2D eigenvalue weighted by atomic mass is 9.83. The monoisotopic (exact) mass is 296 g/mol. The van der Waals surface area contributed by atoms with E-state index in [2.05, 4.69) is 5.32 Å². The van der Waals surface area contributed by atoms with Crippen molar-refractivity contribution in [1.82, 2.24) is 10.2 Å². The molecule has 0 aromatic rings. The van der Waals surface area contributed by atoms with Gasteiger partial charge in [-0.3, -0.25) is 4.90 Å². The maximum absolute atomic E-state index is 12.9.